The van der Waals surface area contributed by atoms with Crippen molar-refractivity contribution in [2.45, 2.75) is 49.2 Å². The van der Waals surface area contributed by atoms with Gasteiger partial charge in [-0.25, -0.2) is 0 Å². The number of hydrogen-bond acceptors (Lipinski definition) is 4. The molecule has 3 amide bonds. The number of amides is 3. The average molecular weight is 502 g/mol. The largest absolute Gasteiger partial charge is 0.326 e. The second kappa shape index (κ2) is 12.4. The third-order valence-electron chi connectivity index (χ3n) is 6.14. The zero-order valence-electron chi connectivity index (χ0n) is 20.3. The molecule has 1 atom stereocenters. The second-order valence-electron chi connectivity index (χ2n) is 9.01. The van der Waals surface area contributed by atoms with Gasteiger partial charge in [0.05, 0.1) is 0 Å². The molecule has 0 radical (unpaired) electrons. The molecule has 1 aliphatic rings. The summed E-state index contributed by atoms with van der Waals surface area (Å²) in [6, 6.07) is 24.3. The zero-order chi connectivity index (χ0) is 25.3. The molecule has 1 fully saturated rings. The topological polar surface area (TPSA) is 87.3 Å². The fourth-order valence-electron chi connectivity index (χ4n) is 4.34. The van der Waals surface area contributed by atoms with Gasteiger partial charge in [-0.1, -0.05) is 55.7 Å². The van der Waals surface area contributed by atoms with E-state index in [1.807, 2.05) is 54.6 Å². The summed E-state index contributed by atoms with van der Waals surface area (Å²) in [4.78, 5) is 38.2. The smallest absolute Gasteiger partial charge is 0.242 e. The van der Waals surface area contributed by atoms with Gasteiger partial charge >= 0.3 is 0 Å². The number of rotatable bonds is 8. The summed E-state index contributed by atoms with van der Waals surface area (Å²) in [7, 11) is 0. The van der Waals surface area contributed by atoms with Crippen LogP contribution in [0.5, 0.6) is 0 Å². The minimum atomic E-state index is -0.495. The summed E-state index contributed by atoms with van der Waals surface area (Å²) in [6.45, 7) is 1.45. The van der Waals surface area contributed by atoms with Gasteiger partial charge < -0.3 is 16.0 Å². The average Bonchev–Trinajstić information content (AvgIpc) is 2.89. The van der Waals surface area contributed by atoms with E-state index in [4.69, 9.17) is 0 Å². The second-order valence-corrected chi connectivity index (χ2v) is 10.2. The van der Waals surface area contributed by atoms with Crippen molar-refractivity contribution in [2.75, 3.05) is 16.0 Å². The minimum Gasteiger partial charge on any atom is -0.326 e. The monoisotopic (exact) mass is 501 g/mol. The van der Waals surface area contributed by atoms with Crippen molar-refractivity contribution >= 4 is 46.5 Å². The van der Waals surface area contributed by atoms with Crippen molar-refractivity contribution < 1.29 is 14.4 Å². The summed E-state index contributed by atoms with van der Waals surface area (Å²) in [5.74, 6) is -0.147. The van der Waals surface area contributed by atoms with E-state index in [0.717, 1.165) is 41.8 Å². The number of carbonyl (C=O) groups excluding carboxylic acids is 3. The summed E-state index contributed by atoms with van der Waals surface area (Å²) < 4.78 is 0. The Bertz CT molecular complexity index is 1190. The Labute approximate surface area is 216 Å². The van der Waals surface area contributed by atoms with Crippen LogP contribution in [0, 0.1) is 5.92 Å². The Kier molecular flexibility index (Phi) is 8.79. The summed E-state index contributed by atoms with van der Waals surface area (Å²) >= 11 is 1.44. The third-order valence-corrected chi connectivity index (χ3v) is 7.39. The van der Waals surface area contributed by atoms with Crippen molar-refractivity contribution in [2.24, 2.45) is 5.92 Å². The van der Waals surface area contributed by atoms with Gasteiger partial charge in [-0.2, -0.15) is 0 Å². The van der Waals surface area contributed by atoms with Gasteiger partial charge in [0.25, 0.3) is 0 Å². The molecule has 0 aromatic heterocycles. The maximum Gasteiger partial charge on any atom is 0.242 e. The normalized spacial score (nSPS) is 14.5. The molecule has 0 spiro atoms. The molecule has 0 aliphatic heterocycles. The van der Waals surface area contributed by atoms with E-state index in [1.165, 1.54) is 25.1 Å². The molecule has 0 bridgehead atoms. The number of carbonyl (C=O) groups is 3. The molecular formula is C29H31N3O3S. The van der Waals surface area contributed by atoms with Gasteiger partial charge in [-0.3, -0.25) is 14.4 Å². The lowest BCUT2D eigenvalue weighted by Crippen LogP contribution is -2.24. The standard InChI is InChI=1S/C29H31N3O3S/c1-20(33)30-23-15-17-24(18-16-23)31-29(35)27(21-9-4-2-5-10-21)36-26-14-8-13-25(19-26)32-28(34)22-11-6-3-7-12-22/h2,4-5,8-10,13-19,22,27H,3,6-7,11-12H2,1H3,(H,30,33)(H,31,35)(H,32,34). The number of thioether (sulfide) groups is 1. The van der Waals surface area contributed by atoms with Crippen LogP contribution in [0.2, 0.25) is 0 Å². The van der Waals surface area contributed by atoms with Crippen LogP contribution in [-0.4, -0.2) is 17.7 Å². The molecule has 7 heteroatoms. The summed E-state index contributed by atoms with van der Waals surface area (Å²) in [5.41, 5.74) is 2.94. The quantitative estimate of drug-likeness (QED) is 0.302. The highest BCUT2D eigenvalue weighted by Crippen LogP contribution is 2.37. The predicted octanol–water partition coefficient (Wildman–Crippen LogP) is 6.64. The van der Waals surface area contributed by atoms with Gasteiger partial charge in [0.2, 0.25) is 17.7 Å². The van der Waals surface area contributed by atoms with Gasteiger partial charge in [0.15, 0.2) is 0 Å². The maximum atomic E-state index is 13.4. The first-order valence-corrected chi connectivity index (χ1v) is 13.2. The molecule has 6 nitrogen and oxygen atoms in total. The lowest BCUT2D eigenvalue weighted by atomic mass is 9.88. The number of anilines is 3. The SMILES string of the molecule is CC(=O)Nc1ccc(NC(=O)C(Sc2cccc(NC(=O)C3CCCCC3)c2)c2ccccc2)cc1. The fraction of sp³-hybridized carbons (Fsp3) is 0.276. The van der Waals surface area contributed by atoms with E-state index >= 15 is 0 Å². The Morgan fingerprint density at radius 1 is 0.750 bits per heavy atom. The maximum absolute atomic E-state index is 13.4. The fourth-order valence-corrected chi connectivity index (χ4v) is 5.42. The van der Waals surface area contributed by atoms with E-state index < -0.39 is 5.25 Å². The van der Waals surface area contributed by atoms with Crippen LogP contribution in [0.1, 0.15) is 49.8 Å². The molecule has 36 heavy (non-hydrogen) atoms. The zero-order valence-corrected chi connectivity index (χ0v) is 21.1. The number of hydrogen-bond donors (Lipinski definition) is 3. The van der Waals surface area contributed by atoms with Crippen molar-refractivity contribution in [3.8, 4) is 0 Å². The first kappa shape index (κ1) is 25.5. The van der Waals surface area contributed by atoms with Crippen LogP contribution in [-0.2, 0) is 14.4 Å². The molecule has 0 heterocycles. The molecule has 1 unspecified atom stereocenters. The van der Waals surface area contributed by atoms with E-state index in [1.54, 1.807) is 24.3 Å². The molecule has 0 saturated heterocycles. The Morgan fingerprint density at radius 3 is 2.08 bits per heavy atom. The highest BCUT2D eigenvalue weighted by Gasteiger charge is 2.24. The van der Waals surface area contributed by atoms with E-state index in [2.05, 4.69) is 16.0 Å². The third kappa shape index (κ3) is 7.21. The van der Waals surface area contributed by atoms with Gasteiger partial charge in [-0.15, -0.1) is 11.8 Å². The van der Waals surface area contributed by atoms with Crippen LogP contribution >= 0.6 is 11.8 Å². The molecule has 3 aromatic carbocycles. The Balaban J connectivity index is 1.48. The molecule has 3 aromatic rings. The lowest BCUT2D eigenvalue weighted by molar-refractivity contribution is -0.120. The highest BCUT2D eigenvalue weighted by atomic mass is 32.2. The Hall–Kier alpha value is -3.58. The van der Waals surface area contributed by atoms with E-state index in [-0.39, 0.29) is 23.6 Å². The van der Waals surface area contributed by atoms with Gasteiger partial charge in [-0.05, 0) is 60.9 Å². The molecule has 1 saturated carbocycles. The van der Waals surface area contributed by atoms with E-state index in [0.29, 0.717) is 11.4 Å². The predicted molar refractivity (Wildman–Crippen MR) is 146 cm³/mol. The molecule has 1 aliphatic carbocycles. The highest BCUT2D eigenvalue weighted by molar-refractivity contribution is 8.00. The van der Waals surface area contributed by atoms with Crippen LogP contribution < -0.4 is 16.0 Å². The van der Waals surface area contributed by atoms with Gasteiger partial charge in [0, 0.05) is 34.8 Å². The summed E-state index contributed by atoms with van der Waals surface area (Å²) in [5, 5.41) is 8.28. The number of nitrogens with one attached hydrogen (secondary N) is 3. The lowest BCUT2D eigenvalue weighted by Gasteiger charge is -2.21. The molecule has 4 rings (SSSR count). The van der Waals surface area contributed by atoms with Crippen LogP contribution in [0.15, 0.2) is 83.8 Å². The van der Waals surface area contributed by atoms with Crippen LogP contribution in [0.4, 0.5) is 17.1 Å². The van der Waals surface area contributed by atoms with Crippen molar-refractivity contribution in [3.05, 3.63) is 84.4 Å². The first-order chi connectivity index (χ1) is 17.5. The Morgan fingerprint density at radius 2 is 1.42 bits per heavy atom. The molecular weight excluding hydrogens is 470 g/mol. The van der Waals surface area contributed by atoms with Crippen LogP contribution in [0.25, 0.3) is 0 Å². The van der Waals surface area contributed by atoms with Crippen molar-refractivity contribution in [3.63, 3.8) is 0 Å². The van der Waals surface area contributed by atoms with Crippen LogP contribution in [0.3, 0.4) is 0 Å². The first-order valence-electron chi connectivity index (χ1n) is 12.3. The van der Waals surface area contributed by atoms with Gasteiger partial charge in [0.1, 0.15) is 5.25 Å². The van der Waals surface area contributed by atoms with E-state index in [9.17, 15) is 14.4 Å². The minimum absolute atomic E-state index is 0.0786. The summed E-state index contributed by atoms with van der Waals surface area (Å²) in [6.07, 6.45) is 5.32. The van der Waals surface area contributed by atoms with Crippen molar-refractivity contribution in [1.29, 1.82) is 0 Å². The number of benzene rings is 3. The van der Waals surface area contributed by atoms with Crippen molar-refractivity contribution in [1.82, 2.24) is 0 Å². The molecule has 3 N–H and O–H groups in total. The molecule has 186 valence electrons.